The van der Waals surface area contributed by atoms with Crippen LogP contribution in [0.3, 0.4) is 0 Å². The Morgan fingerprint density at radius 3 is 2.44 bits per heavy atom. The lowest BCUT2D eigenvalue weighted by molar-refractivity contribution is 0.0753. The van der Waals surface area contributed by atoms with E-state index in [0.29, 0.717) is 11.1 Å². The molecule has 3 rings (SSSR count). The Labute approximate surface area is 144 Å². The molecular formula is C20H16F2N2O. The van der Waals surface area contributed by atoms with E-state index >= 15 is 0 Å². The molecule has 1 atom stereocenters. The van der Waals surface area contributed by atoms with Crippen molar-refractivity contribution < 1.29 is 13.6 Å². The summed E-state index contributed by atoms with van der Waals surface area (Å²) >= 11 is 0. The summed E-state index contributed by atoms with van der Waals surface area (Å²) in [6.07, 6.45) is 3.17. The van der Waals surface area contributed by atoms with Gasteiger partial charge in [0.1, 0.15) is 11.6 Å². The van der Waals surface area contributed by atoms with Crippen molar-refractivity contribution in [2.45, 2.75) is 6.04 Å². The van der Waals surface area contributed by atoms with Crippen LogP contribution in [0.25, 0.3) is 0 Å². The molecule has 0 bridgehead atoms. The number of hydrogen-bond acceptors (Lipinski definition) is 2. The summed E-state index contributed by atoms with van der Waals surface area (Å²) in [5.41, 5.74) is 1.34. The molecule has 0 aliphatic rings. The van der Waals surface area contributed by atoms with Gasteiger partial charge in [0.05, 0.1) is 6.04 Å². The molecule has 1 heterocycles. The molecule has 3 nitrogen and oxygen atoms in total. The van der Waals surface area contributed by atoms with E-state index in [1.54, 1.807) is 55.8 Å². The maximum Gasteiger partial charge on any atom is 0.254 e. The van der Waals surface area contributed by atoms with Gasteiger partial charge >= 0.3 is 0 Å². The molecular weight excluding hydrogens is 322 g/mol. The van der Waals surface area contributed by atoms with Crippen molar-refractivity contribution >= 4 is 5.91 Å². The van der Waals surface area contributed by atoms with Gasteiger partial charge in [-0.2, -0.15) is 0 Å². The van der Waals surface area contributed by atoms with Crippen LogP contribution in [0.15, 0.2) is 73.1 Å². The lowest BCUT2D eigenvalue weighted by atomic mass is 9.97. The highest BCUT2D eigenvalue weighted by Crippen LogP contribution is 2.30. The highest BCUT2D eigenvalue weighted by atomic mass is 19.1. The average molecular weight is 338 g/mol. The number of aromatic nitrogens is 1. The number of carbonyl (C=O) groups excluding carboxylic acids is 1. The maximum absolute atomic E-state index is 14.4. The first-order valence-corrected chi connectivity index (χ1v) is 7.75. The third kappa shape index (κ3) is 3.55. The molecule has 0 fully saturated rings. The van der Waals surface area contributed by atoms with Crippen LogP contribution in [0, 0.1) is 11.6 Å². The summed E-state index contributed by atoms with van der Waals surface area (Å²) in [5.74, 6) is -1.64. The molecule has 0 aliphatic carbocycles. The Morgan fingerprint density at radius 2 is 1.80 bits per heavy atom. The quantitative estimate of drug-likeness (QED) is 0.713. The topological polar surface area (TPSA) is 33.2 Å². The number of rotatable bonds is 4. The summed E-state index contributed by atoms with van der Waals surface area (Å²) < 4.78 is 27.7. The first-order chi connectivity index (χ1) is 12.1. The number of hydrogen-bond donors (Lipinski definition) is 0. The second-order valence-electron chi connectivity index (χ2n) is 5.64. The van der Waals surface area contributed by atoms with Gasteiger partial charge < -0.3 is 4.90 Å². The van der Waals surface area contributed by atoms with Gasteiger partial charge in [0.2, 0.25) is 0 Å². The van der Waals surface area contributed by atoms with E-state index in [-0.39, 0.29) is 11.5 Å². The SMILES string of the molecule is CN(C(=O)c1ccccc1)C(c1cccnc1)c1ccc(F)cc1F. The van der Waals surface area contributed by atoms with Gasteiger partial charge in [0.15, 0.2) is 0 Å². The van der Waals surface area contributed by atoms with E-state index < -0.39 is 17.7 Å². The van der Waals surface area contributed by atoms with Crippen molar-refractivity contribution in [2.75, 3.05) is 7.05 Å². The lowest BCUT2D eigenvalue weighted by Crippen LogP contribution is -2.32. The predicted octanol–water partition coefficient (Wildman–Crippen LogP) is 4.22. The highest BCUT2D eigenvalue weighted by Gasteiger charge is 2.27. The lowest BCUT2D eigenvalue weighted by Gasteiger charge is -2.29. The minimum atomic E-state index is -0.720. The Balaban J connectivity index is 2.07. The fraction of sp³-hybridized carbons (Fsp3) is 0.100. The molecule has 126 valence electrons. The molecule has 0 spiro atoms. The van der Waals surface area contributed by atoms with Crippen LogP contribution in [-0.2, 0) is 0 Å². The van der Waals surface area contributed by atoms with Crippen molar-refractivity contribution in [2.24, 2.45) is 0 Å². The van der Waals surface area contributed by atoms with Crippen LogP contribution in [-0.4, -0.2) is 22.8 Å². The van der Waals surface area contributed by atoms with Gasteiger partial charge in [0.25, 0.3) is 5.91 Å². The van der Waals surface area contributed by atoms with E-state index in [0.717, 1.165) is 6.07 Å². The van der Waals surface area contributed by atoms with Crippen molar-refractivity contribution in [3.05, 3.63) is 101 Å². The van der Waals surface area contributed by atoms with Gasteiger partial charge in [-0.3, -0.25) is 9.78 Å². The van der Waals surface area contributed by atoms with Crippen LogP contribution in [0.2, 0.25) is 0 Å². The van der Waals surface area contributed by atoms with Gasteiger partial charge in [-0.1, -0.05) is 30.3 Å². The largest absolute Gasteiger partial charge is 0.330 e. The number of amides is 1. The van der Waals surface area contributed by atoms with Crippen LogP contribution in [0.5, 0.6) is 0 Å². The molecule has 0 aliphatic heterocycles. The number of carbonyl (C=O) groups is 1. The molecule has 25 heavy (non-hydrogen) atoms. The Morgan fingerprint density at radius 1 is 1.04 bits per heavy atom. The molecule has 0 saturated carbocycles. The Kier molecular flexibility index (Phi) is 4.84. The third-order valence-electron chi connectivity index (χ3n) is 3.99. The van der Waals surface area contributed by atoms with Crippen molar-refractivity contribution in [3.8, 4) is 0 Å². The number of halogens is 2. The average Bonchev–Trinajstić information content (AvgIpc) is 2.64. The monoisotopic (exact) mass is 338 g/mol. The number of benzene rings is 2. The highest BCUT2D eigenvalue weighted by molar-refractivity contribution is 5.94. The summed E-state index contributed by atoms with van der Waals surface area (Å²) in [6, 6.07) is 14.8. The molecule has 0 radical (unpaired) electrons. The van der Waals surface area contributed by atoms with Crippen molar-refractivity contribution in [1.29, 1.82) is 0 Å². The zero-order valence-electron chi connectivity index (χ0n) is 13.6. The van der Waals surface area contributed by atoms with Crippen LogP contribution in [0.1, 0.15) is 27.5 Å². The first-order valence-electron chi connectivity index (χ1n) is 7.75. The minimum absolute atomic E-state index is 0.209. The summed E-state index contributed by atoms with van der Waals surface area (Å²) in [7, 11) is 1.59. The fourth-order valence-electron chi connectivity index (χ4n) is 2.77. The molecule has 1 amide bonds. The van der Waals surface area contributed by atoms with E-state index in [9.17, 15) is 13.6 Å². The summed E-state index contributed by atoms with van der Waals surface area (Å²) in [6.45, 7) is 0. The second-order valence-corrected chi connectivity index (χ2v) is 5.64. The Bertz CT molecular complexity index is 869. The Hall–Kier alpha value is -3.08. The zero-order valence-corrected chi connectivity index (χ0v) is 13.6. The molecule has 5 heteroatoms. The van der Waals surface area contributed by atoms with E-state index in [2.05, 4.69) is 4.98 Å². The minimum Gasteiger partial charge on any atom is -0.330 e. The van der Waals surface area contributed by atoms with Crippen LogP contribution in [0.4, 0.5) is 8.78 Å². The zero-order chi connectivity index (χ0) is 17.8. The van der Waals surface area contributed by atoms with E-state index in [1.165, 1.54) is 17.0 Å². The fourth-order valence-corrected chi connectivity index (χ4v) is 2.77. The first kappa shape index (κ1) is 16.8. The number of pyridine rings is 1. The molecule has 1 unspecified atom stereocenters. The molecule has 0 N–H and O–H groups in total. The predicted molar refractivity (Wildman–Crippen MR) is 91.0 cm³/mol. The van der Waals surface area contributed by atoms with E-state index in [4.69, 9.17) is 0 Å². The van der Waals surface area contributed by atoms with Gasteiger partial charge in [-0.05, 0) is 29.8 Å². The van der Waals surface area contributed by atoms with Crippen LogP contribution >= 0.6 is 0 Å². The van der Waals surface area contributed by atoms with Crippen molar-refractivity contribution in [1.82, 2.24) is 9.88 Å². The van der Waals surface area contributed by atoms with Crippen LogP contribution < -0.4 is 0 Å². The van der Waals surface area contributed by atoms with Gasteiger partial charge in [-0.25, -0.2) is 8.78 Å². The normalized spacial score (nSPS) is 11.8. The smallest absolute Gasteiger partial charge is 0.254 e. The second kappa shape index (κ2) is 7.21. The van der Waals surface area contributed by atoms with Gasteiger partial charge in [-0.15, -0.1) is 0 Å². The molecule has 2 aromatic carbocycles. The number of nitrogens with zero attached hydrogens (tertiary/aromatic N) is 2. The van der Waals surface area contributed by atoms with E-state index in [1.807, 2.05) is 6.07 Å². The van der Waals surface area contributed by atoms with Crippen molar-refractivity contribution in [3.63, 3.8) is 0 Å². The molecule has 1 aromatic heterocycles. The third-order valence-corrected chi connectivity index (χ3v) is 3.99. The standard InChI is InChI=1S/C20H16F2N2O/c1-24(20(25)14-6-3-2-4-7-14)19(15-8-5-11-23-13-15)17-10-9-16(21)12-18(17)22/h2-13,19H,1H3. The maximum atomic E-state index is 14.4. The summed E-state index contributed by atoms with van der Waals surface area (Å²) in [4.78, 5) is 18.3. The summed E-state index contributed by atoms with van der Waals surface area (Å²) in [5, 5.41) is 0. The molecule has 3 aromatic rings. The molecule has 0 saturated heterocycles. The van der Waals surface area contributed by atoms with Gasteiger partial charge in [0, 0.05) is 36.6 Å².